The zero-order valence-corrected chi connectivity index (χ0v) is 15.4. The maximum absolute atomic E-state index is 11.8. The normalized spacial score (nSPS) is 12.6. The number of rotatable bonds is 8. The highest BCUT2D eigenvalue weighted by Gasteiger charge is 2.14. The van der Waals surface area contributed by atoms with E-state index in [1.165, 1.54) is 5.56 Å². The number of hydrogen-bond donors (Lipinski definition) is 1. The van der Waals surface area contributed by atoms with Crippen molar-refractivity contribution in [1.29, 1.82) is 0 Å². The van der Waals surface area contributed by atoms with Crippen LogP contribution in [0.5, 0.6) is 17.2 Å². The minimum Gasteiger partial charge on any atom is -0.492 e. The highest BCUT2D eigenvalue weighted by Crippen LogP contribution is 2.32. The van der Waals surface area contributed by atoms with Crippen LogP contribution in [0.25, 0.3) is 0 Å². The minimum atomic E-state index is -0.259. The van der Waals surface area contributed by atoms with Gasteiger partial charge in [0.05, 0.1) is 12.3 Å². The van der Waals surface area contributed by atoms with Crippen LogP contribution < -0.4 is 19.5 Å². The number of amides is 1. The van der Waals surface area contributed by atoms with E-state index in [4.69, 9.17) is 19.0 Å². The first-order valence-electron chi connectivity index (χ1n) is 8.64. The third-order valence-electron chi connectivity index (χ3n) is 3.90. The molecule has 0 radical (unpaired) electrons. The van der Waals surface area contributed by atoms with Gasteiger partial charge in [-0.15, -0.1) is 0 Å². The Bertz CT molecular complexity index is 818. The van der Waals surface area contributed by atoms with Gasteiger partial charge < -0.3 is 24.4 Å². The molecule has 2 aromatic rings. The minimum absolute atomic E-state index is 0.160. The van der Waals surface area contributed by atoms with E-state index in [-0.39, 0.29) is 19.3 Å². The standard InChI is InChI=1S/C20H22N2O5/c1-14-3-6-17(7-4-14)24-10-9-21-20(23)12-27-22-15(2)16-5-8-18-19(11-16)26-13-25-18/h3-8,11H,9-10,12-13H2,1-2H3,(H,21,23)/b22-15-. The molecule has 1 aliphatic heterocycles. The molecule has 0 fully saturated rings. The van der Waals surface area contributed by atoms with Crippen LogP contribution in [0.1, 0.15) is 18.1 Å². The van der Waals surface area contributed by atoms with Gasteiger partial charge in [-0.3, -0.25) is 4.79 Å². The van der Waals surface area contributed by atoms with Crippen molar-refractivity contribution in [3.63, 3.8) is 0 Å². The third-order valence-corrected chi connectivity index (χ3v) is 3.90. The van der Waals surface area contributed by atoms with Crippen LogP contribution in [0.3, 0.4) is 0 Å². The number of benzene rings is 2. The number of oxime groups is 1. The van der Waals surface area contributed by atoms with Crippen molar-refractivity contribution in [2.45, 2.75) is 13.8 Å². The summed E-state index contributed by atoms with van der Waals surface area (Å²) >= 11 is 0. The summed E-state index contributed by atoms with van der Waals surface area (Å²) in [5.41, 5.74) is 2.65. The summed E-state index contributed by atoms with van der Waals surface area (Å²) in [4.78, 5) is 16.9. The SMILES string of the molecule is C/C(=N/OCC(=O)NCCOc1ccc(C)cc1)c1ccc2c(c1)OCO2. The Hall–Kier alpha value is -3.22. The molecule has 3 rings (SSSR count). The summed E-state index contributed by atoms with van der Waals surface area (Å²) < 4.78 is 16.1. The molecule has 1 heterocycles. The highest BCUT2D eigenvalue weighted by molar-refractivity contribution is 5.99. The fraction of sp³-hybridized carbons (Fsp3) is 0.300. The first kappa shape index (κ1) is 18.6. The molecule has 2 aromatic carbocycles. The summed E-state index contributed by atoms with van der Waals surface area (Å²) in [6.07, 6.45) is 0. The Morgan fingerprint density at radius 1 is 1.15 bits per heavy atom. The lowest BCUT2D eigenvalue weighted by molar-refractivity contribution is -0.125. The van der Waals surface area contributed by atoms with Gasteiger partial charge in [-0.1, -0.05) is 22.9 Å². The average molecular weight is 370 g/mol. The van der Waals surface area contributed by atoms with Crippen LogP contribution in [0.2, 0.25) is 0 Å². The van der Waals surface area contributed by atoms with Crippen LogP contribution in [0.4, 0.5) is 0 Å². The van der Waals surface area contributed by atoms with Crippen molar-refractivity contribution in [3.05, 3.63) is 53.6 Å². The lowest BCUT2D eigenvalue weighted by Gasteiger charge is -2.08. The highest BCUT2D eigenvalue weighted by atomic mass is 16.7. The number of carbonyl (C=O) groups excluding carboxylic acids is 1. The average Bonchev–Trinajstić information content (AvgIpc) is 3.14. The lowest BCUT2D eigenvalue weighted by Crippen LogP contribution is -2.30. The van der Waals surface area contributed by atoms with E-state index < -0.39 is 0 Å². The van der Waals surface area contributed by atoms with Crippen molar-refractivity contribution in [1.82, 2.24) is 5.32 Å². The van der Waals surface area contributed by atoms with E-state index in [1.54, 1.807) is 6.92 Å². The number of hydrogen-bond acceptors (Lipinski definition) is 6. The van der Waals surface area contributed by atoms with Crippen LogP contribution in [-0.4, -0.2) is 38.2 Å². The second-order valence-corrected chi connectivity index (χ2v) is 6.03. The zero-order chi connectivity index (χ0) is 19.1. The van der Waals surface area contributed by atoms with E-state index >= 15 is 0 Å². The second-order valence-electron chi connectivity index (χ2n) is 6.03. The van der Waals surface area contributed by atoms with Crippen LogP contribution in [-0.2, 0) is 9.63 Å². The van der Waals surface area contributed by atoms with Gasteiger partial charge in [-0.2, -0.15) is 0 Å². The van der Waals surface area contributed by atoms with Gasteiger partial charge in [-0.25, -0.2) is 0 Å². The van der Waals surface area contributed by atoms with Gasteiger partial charge in [0.2, 0.25) is 6.79 Å². The van der Waals surface area contributed by atoms with Gasteiger partial charge in [0, 0.05) is 5.56 Å². The molecule has 0 saturated carbocycles. The number of carbonyl (C=O) groups is 1. The molecule has 0 aromatic heterocycles. The van der Waals surface area contributed by atoms with E-state index in [2.05, 4.69) is 10.5 Å². The summed E-state index contributed by atoms with van der Waals surface area (Å²) in [6, 6.07) is 13.2. The van der Waals surface area contributed by atoms with Crippen molar-refractivity contribution in [2.24, 2.45) is 5.16 Å². The van der Waals surface area contributed by atoms with Crippen molar-refractivity contribution < 1.29 is 23.8 Å². The number of aryl methyl sites for hydroxylation is 1. The monoisotopic (exact) mass is 370 g/mol. The fourth-order valence-electron chi connectivity index (χ4n) is 2.41. The van der Waals surface area contributed by atoms with Crippen molar-refractivity contribution >= 4 is 11.6 Å². The molecular weight excluding hydrogens is 348 g/mol. The van der Waals surface area contributed by atoms with Gasteiger partial charge >= 0.3 is 0 Å². The first-order chi connectivity index (χ1) is 13.1. The molecule has 0 unspecified atom stereocenters. The van der Waals surface area contributed by atoms with Gasteiger partial charge in [-0.05, 0) is 44.2 Å². The van der Waals surface area contributed by atoms with Gasteiger partial charge in [0.15, 0.2) is 18.1 Å². The van der Waals surface area contributed by atoms with E-state index in [1.807, 2.05) is 49.4 Å². The zero-order valence-electron chi connectivity index (χ0n) is 15.4. The molecule has 1 amide bonds. The molecule has 1 N–H and O–H groups in total. The summed E-state index contributed by atoms with van der Waals surface area (Å²) in [7, 11) is 0. The Balaban J connectivity index is 1.36. The Labute approximate surface area is 157 Å². The predicted molar refractivity (Wildman–Crippen MR) is 100 cm³/mol. The van der Waals surface area contributed by atoms with Gasteiger partial charge in [0.25, 0.3) is 5.91 Å². The maximum Gasteiger partial charge on any atom is 0.260 e. The predicted octanol–water partition coefficient (Wildman–Crippen LogP) is 2.66. The summed E-state index contributed by atoms with van der Waals surface area (Å²) in [6.45, 7) is 4.65. The third kappa shape index (κ3) is 5.37. The number of ether oxygens (including phenoxy) is 3. The molecule has 27 heavy (non-hydrogen) atoms. The van der Waals surface area contributed by atoms with Crippen molar-refractivity contribution in [2.75, 3.05) is 26.6 Å². The molecule has 0 aliphatic carbocycles. The lowest BCUT2D eigenvalue weighted by atomic mass is 10.1. The Kier molecular flexibility index (Phi) is 6.14. The van der Waals surface area contributed by atoms with Gasteiger partial charge in [0.1, 0.15) is 12.4 Å². The summed E-state index contributed by atoms with van der Waals surface area (Å²) in [5.74, 6) is 1.90. The largest absolute Gasteiger partial charge is 0.492 e. The fourth-order valence-corrected chi connectivity index (χ4v) is 2.41. The summed E-state index contributed by atoms with van der Waals surface area (Å²) in [5, 5.41) is 6.69. The molecule has 7 nitrogen and oxygen atoms in total. The Morgan fingerprint density at radius 2 is 1.93 bits per heavy atom. The molecule has 0 bridgehead atoms. The second kappa shape index (κ2) is 8.93. The number of nitrogens with zero attached hydrogens (tertiary/aromatic N) is 1. The molecule has 1 aliphatic rings. The maximum atomic E-state index is 11.8. The van der Waals surface area contributed by atoms with E-state index in [0.29, 0.717) is 30.4 Å². The van der Waals surface area contributed by atoms with Crippen LogP contribution in [0.15, 0.2) is 47.6 Å². The quantitative estimate of drug-likeness (QED) is 0.439. The molecule has 0 spiro atoms. The smallest absolute Gasteiger partial charge is 0.260 e. The van der Waals surface area contributed by atoms with Crippen LogP contribution >= 0.6 is 0 Å². The molecule has 142 valence electrons. The molecule has 7 heteroatoms. The van der Waals surface area contributed by atoms with E-state index in [9.17, 15) is 4.79 Å². The Morgan fingerprint density at radius 3 is 2.74 bits per heavy atom. The molecule has 0 atom stereocenters. The first-order valence-corrected chi connectivity index (χ1v) is 8.64. The molecule has 0 saturated heterocycles. The van der Waals surface area contributed by atoms with E-state index in [0.717, 1.165) is 11.3 Å². The topological polar surface area (TPSA) is 78.4 Å². The number of nitrogens with one attached hydrogen (secondary N) is 1. The molecular formula is C20H22N2O5. The van der Waals surface area contributed by atoms with Crippen molar-refractivity contribution in [3.8, 4) is 17.2 Å². The number of fused-ring (bicyclic) bond motifs is 1. The van der Waals surface area contributed by atoms with Crippen LogP contribution in [0, 0.1) is 6.92 Å².